The molecule has 2 saturated heterocycles. The van der Waals surface area contributed by atoms with Gasteiger partial charge in [-0.05, 0) is 45.4 Å². The van der Waals surface area contributed by atoms with Crippen molar-refractivity contribution in [3.63, 3.8) is 0 Å². The molecule has 8 nitrogen and oxygen atoms in total. The van der Waals surface area contributed by atoms with Gasteiger partial charge in [-0.2, -0.15) is 0 Å². The quantitative estimate of drug-likeness (QED) is 0.485. The van der Waals surface area contributed by atoms with Crippen molar-refractivity contribution in [3.8, 4) is 0 Å². The lowest BCUT2D eigenvalue weighted by Crippen LogP contribution is -2.53. The maximum Gasteiger partial charge on any atom is 0.309 e. The van der Waals surface area contributed by atoms with E-state index in [2.05, 4.69) is 29.7 Å². The molecule has 2 amide bonds. The van der Waals surface area contributed by atoms with Gasteiger partial charge in [-0.25, -0.2) is 5.43 Å². The molecular formula is C21H34N4O4S. The molecule has 2 aliphatic heterocycles. The average Bonchev–Trinajstić information content (AvgIpc) is 3.02. The average molecular weight is 439 g/mol. The van der Waals surface area contributed by atoms with Gasteiger partial charge in [0.1, 0.15) is 6.04 Å². The molecular weight excluding hydrogens is 404 g/mol. The summed E-state index contributed by atoms with van der Waals surface area (Å²) in [5.41, 5.74) is 2.42. The van der Waals surface area contributed by atoms with Gasteiger partial charge >= 0.3 is 5.91 Å². The summed E-state index contributed by atoms with van der Waals surface area (Å²) in [6, 6.07) is -0.825. The summed E-state index contributed by atoms with van der Waals surface area (Å²) >= 11 is 1.56. The standard InChI is InChI=1S/C21H34N4O4S/c1-21(2)13-25(3)20(30-21)24-23-19(28)17(26)16(14-9-11-29-12-10-14)22-18(27)15-7-5-4-6-8-15/h14-16H,4-13H2,1-3H3,(H,22,27)(H,23,28). The molecule has 1 saturated carbocycles. The fourth-order valence-corrected chi connectivity index (χ4v) is 5.55. The van der Waals surface area contributed by atoms with Gasteiger partial charge < -0.3 is 15.0 Å². The third-order valence-electron chi connectivity index (χ3n) is 6.08. The van der Waals surface area contributed by atoms with Crippen molar-refractivity contribution in [3.05, 3.63) is 0 Å². The lowest BCUT2D eigenvalue weighted by molar-refractivity contribution is -0.142. The SMILES string of the molecule is CN1CC(C)(C)SC1=NNC(=O)C(=O)C(NC(=O)C1CCCCC1)C1CCOCC1. The van der Waals surface area contributed by atoms with Crippen molar-refractivity contribution >= 4 is 34.5 Å². The highest BCUT2D eigenvalue weighted by molar-refractivity contribution is 8.15. The molecule has 3 rings (SSSR count). The maximum absolute atomic E-state index is 13.0. The molecule has 0 radical (unpaired) electrons. The van der Waals surface area contributed by atoms with Crippen LogP contribution < -0.4 is 10.7 Å². The number of hydrazone groups is 1. The summed E-state index contributed by atoms with van der Waals surface area (Å²) in [6.07, 6.45) is 6.21. The highest BCUT2D eigenvalue weighted by Gasteiger charge is 2.37. The number of Topliss-reactive ketones (excluding diaryl/α,β-unsaturated/α-hetero) is 1. The minimum atomic E-state index is -0.825. The van der Waals surface area contributed by atoms with Crippen molar-refractivity contribution < 1.29 is 19.1 Å². The van der Waals surface area contributed by atoms with E-state index in [1.807, 2.05) is 11.9 Å². The first-order chi connectivity index (χ1) is 14.3. The van der Waals surface area contributed by atoms with Gasteiger partial charge in [-0.1, -0.05) is 31.0 Å². The molecule has 30 heavy (non-hydrogen) atoms. The number of carbonyl (C=O) groups is 3. The number of amidine groups is 1. The lowest BCUT2D eigenvalue weighted by Gasteiger charge is -2.31. The number of carbonyl (C=O) groups excluding carboxylic acids is 3. The lowest BCUT2D eigenvalue weighted by atomic mass is 9.85. The molecule has 2 N–H and O–H groups in total. The minimum Gasteiger partial charge on any atom is -0.381 e. The van der Waals surface area contributed by atoms with Crippen molar-refractivity contribution in [1.82, 2.24) is 15.6 Å². The van der Waals surface area contributed by atoms with Crippen LogP contribution in [0.1, 0.15) is 58.8 Å². The predicted molar refractivity (Wildman–Crippen MR) is 117 cm³/mol. The molecule has 0 aromatic carbocycles. The van der Waals surface area contributed by atoms with Crippen LogP contribution in [0.5, 0.6) is 0 Å². The molecule has 0 bridgehead atoms. The number of hydrogen-bond donors (Lipinski definition) is 2. The third-order valence-corrected chi connectivity index (χ3v) is 7.35. The molecule has 2 heterocycles. The Bertz CT molecular complexity index is 684. The topological polar surface area (TPSA) is 100 Å². The summed E-state index contributed by atoms with van der Waals surface area (Å²) in [4.78, 5) is 40.4. The summed E-state index contributed by atoms with van der Waals surface area (Å²) in [7, 11) is 1.91. The van der Waals surface area contributed by atoms with Crippen LogP contribution in [0, 0.1) is 11.8 Å². The Morgan fingerprint density at radius 3 is 2.40 bits per heavy atom. The number of nitrogens with one attached hydrogen (secondary N) is 2. The number of ether oxygens (including phenoxy) is 1. The van der Waals surface area contributed by atoms with Gasteiger partial charge in [0.25, 0.3) is 0 Å². The number of ketones is 1. The number of hydrogen-bond acceptors (Lipinski definition) is 6. The number of thioether (sulfide) groups is 1. The van der Waals surface area contributed by atoms with E-state index in [-0.39, 0.29) is 22.5 Å². The normalized spacial score (nSPS) is 25.2. The molecule has 1 atom stereocenters. The number of amides is 2. The van der Waals surface area contributed by atoms with Crippen LogP contribution in [0.15, 0.2) is 5.10 Å². The summed E-state index contributed by atoms with van der Waals surface area (Å²) in [5, 5.41) is 7.76. The van der Waals surface area contributed by atoms with Crippen LogP contribution in [0.3, 0.4) is 0 Å². The number of rotatable bonds is 6. The predicted octanol–water partition coefficient (Wildman–Crippen LogP) is 1.89. The molecule has 1 aliphatic carbocycles. The number of nitrogens with zero attached hydrogens (tertiary/aromatic N) is 2. The van der Waals surface area contributed by atoms with E-state index in [0.717, 1.165) is 38.6 Å². The van der Waals surface area contributed by atoms with E-state index in [9.17, 15) is 14.4 Å². The second kappa shape index (κ2) is 10.1. The fraction of sp³-hybridized carbons (Fsp3) is 0.810. The van der Waals surface area contributed by atoms with Crippen molar-refractivity contribution in [1.29, 1.82) is 0 Å². The van der Waals surface area contributed by atoms with Crippen LogP contribution in [0.25, 0.3) is 0 Å². The monoisotopic (exact) mass is 438 g/mol. The summed E-state index contributed by atoms with van der Waals surface area (Å²) in [6.45, 7) is 6.09. The zero-order valence-corrected chi connectivity index (χ0v) is 19.1. The second-order valence-electron chi connectivity index (χ2n) is 9.19. The first-order valence-electron chi connectivity index (χ1n) is 11.0. The highest BCUT2D eigenvalue weighted by Crippen LogP contribution is 2.34. The zero-order valence-electron chi connectivity index (χ0n) is 18.2. The van der Waals surface area contributed by atoms with Crippen molar-refractivity contribution in [2.24, 2.45) is 16.9 Å². The van der Waals surface area contributed by atoms with Gasteiger partial charge in [0.05, 0.1) is 0 Å². The first kappa shape index (κ1) is 23.1. The fourth-order valence-electron chi connectivity index (χ4n) is 4.48. The van der Waals surface area contributed by atoms with Crippen LogP contribution >= 0.6 is 11.8 Å². The van der Waals surface area contributed by atoms with E-state index < -0.39 is 17.7 Å². The van der Waals surface area contributed by atoms with E-state index in [1.165, 1.54) is 0 Å². The van der Waals surface area contributed by atoms with Crippen LogP contribution in [0.4, 0.5) is 0 Å². The van der Waals surface area contributed by atoms with E-state index >= 15 is 0 Å². The van der Waals surface area contributed by atoms with Gasteiger partial charge in [0, 0.05) is 37.5 Å². The first-order valence-corrected chi connectivity index (χ1v) is 11.8. The Hall–Kier alpha value is -1.61. The molecule has 0 aromatic heterocycles. The molecule has 3 fully saturated rings. The van der Waals surface area contributed by atoms with Crippen LogP contribution in [-0.2, 0) is 19.1 Å². The minimum absolute atomic E-state index is 0.000916. The van der Waals surface area contributed by atoms with E-state index in [4.69, 9.17) is 4.74 Å². The molecule has 1 unspecified atom stereocenters. The van der Waals surface area contributed by atoms with Gasteiger partial charge in [-0.3, -0.25) is 14.4 Å². The Morgan fingerprint density at radius 1 is 1.13 bits per heavy atom. The smallest absolute Gasteiger partial charge is 0.309 e. The van der Waals surface area contributed by atoms with Gasteiger partial charge in [0.2, 0.25) is 11.7 Å². The Kier molecular flexibility index (Phi) is 7.79. The molecule has 0 spiro atoms. The Labute approximate surface area is 182 Å². The highest BCUT2D eigenvalue weighted by atomic mass is 32.2. The third kappa shape index (κ3) is 5.97. The van der Waals surface area contributed by atoms with Crippen molar-refractivity contribution in [2.45, 2.75) is 69.6 Å². The second-order valence-corrected chi connectivity index (χ2v) is 10.9. The van der Waals surface area contributed by atoms with Crippen molar-refractivity contribution in [2.75, 3.05) is 26.8 Å². The summed E-state index contributed by atoms with van der Waals surface area (Å²) in [5.74, 6) is -1.67. The zero-order chi connectivity index (χ0) is 21.7. The van der Waals surface area contributed by atoms with Gasteiger partial charge in [-0.15, -0.1) is 5.10 Å². The molecule has 3 aliphatic rings. The molecule has 9 heteroatoms. The van der Waals surface area contributed by atoms with E-state index in [0.29, 0.717) is 31.2 Å². The molecule has 0 aromatic rings. The summed E-state index contributed by atoms with van der Waals surface area (Å²) < 4.78 is 5.40. The van der Waals surface area contributed by atoms with Gasteiger partial charge in [0.15, 0.2) is 5.17 Å². The van der Waals surface area contributed by atoms with Crippen LogP contribution in [0.2, 0.25) is 0 Å². The Morgan fingerprint density at radius 2 is 1.80 bits per heavy atom. The Balaban J connectivity index is 1.66. The molecule has 168 valence electrons. The van der Waals surface area contributed by atoms with E-state index in [1.54, 1.807) is 11.8 Å². The largest absolute Gasteiger partial charge is 0.381 e. The maximum atomic E-state index is 13.0. The van der Waals surface area contributed by atoms with Crippen LogP contribution in [-0.4, -0.2) is 65.3 Å².